The van der Waals surface area contributed by atoms with Gasteiger partial charge in [-0.25, -0.2) is 13.6 Å². The summed E-state index contributed by atoms with van der Waals surface area (Å²) in [5.41, 5.74) is 6.25. The summed E-state index contributed by atoms with van der Waals surface area (Å²) < 4.78 is 24.0. The molecule has 1 heterocycles. The number of carbonyl (C=O) groups is 1. The SMILES string of the molecule is NC(=O)c1cc(S(N)(=O)=O)cn1Cc1ccccc1. The van der Waals surface area contributed by atoms with E-state index in [2.05, 4.69) is 0 Å². The van der Waals surface area contributed by atoms with Crippen molar-refractivity contribution < 1.29 is 13.2 Å². The number of primary amides is 1. The Hall–Kier alpha value is -2.12. The minimum absolute atomic E-state index is 0.105. The van der Waals surface area contributed by atoms with E-state index in [1.165, 1.54) is 16.8 Å². The van der Waals surface area contributed by atoms with E-state index in [4.69, 9.17) is 10.9 Å². The Kier molecular flexibility index (Phi) is 3.41. The van der Waals surface area contributed by atoms with Crippen molar-refractivity contribution in [2.75, 3.05) is 0 Å². The van der Waals surface area contributed by atoms with Crippen LogP contribution in [0.3, 0.4) is 0 Å². The van der Waals surface area contributed by atoms with Crippen LogP contribution in [0.1, 0.15) is 16.1 Å². The molecule has 19 heavy (non-hydrogen) atoms. The summed E-state index contributed by atoms with van der Waals surface area (Å²) in [7, 11) is -3.86. The van der Waals surface area contributed by atoms with Crippen molar-refractivity contribution in [1.82, 2.24) is 4.57 Å². The summed E-state index contributed by atoms with van der Waals surface area (Å²) in [4.78, 5) is 11.2. The first-order chi connectivity index (χ1) is 8.88. The lowest BCUT2D eigenvalue weighted by atomic mass is 10.2. The summed E-state index contributed by atoms with van der Waals surface area (Å²) in [6, 6.07) is 10.5. The molecule has 0 atom stereocenters. The number of hydrogen-bond acceptors (Lipinski definition) is 3. The van der Waals surface area contributed by atoms with Gasteiger partial charge in [0, 0.05) is 12.7 Å². The summed E-state index contributed by atoms with van der Waals surface area (Å²) >= 11 is 0. The number of hydrogen-bond donors (Lipinski definition) is 2. The van der Waals surface area contributed by atoms with Gasteiger partial charge in [0.15, 0.2) is 0 Å². The molecule has 0 fully saturated rings. The van der Waals surface area contributed by atoms with Crippen LogP contribution in [0, 0.1) is 0 Å². The van der Waals surface area contributed by atoms with Crippen molar-refractivity contribution in [3.63, 3.8) is 0 Å². The molecule has 4 N–H and O–H groups in total. The quantitative estimate of drug-likeness (QED) is 0.839. The zero-order valence-corrected chi connectivity index (χ0v) is 10.8. The highest BCUT2D eigenvalue weighted by Crippen LogP contribution is 2.14. The molecule has 6 nitrogen and oxygen atoms in total. The first-order valence-electron chi connectivity index (χ1n) is 5.44. The first-order valence-corrected chi connectivity index (χ1v) is 6.99. The van der Waals surface area contributed by atoms with Gasteiger partial charge in [-0.15, -0.1) is 0 Å². The molecular formula is C12H13N3O3S. The molecular weight excluding hydrogens is 266 g/mol. The molecule has 0 radical (unpaired) electrons. The molecule has 1 aromatic carbocycles. The average Bonchev–Trinajstić information content (AvgIpc) is 2.74. The summed E-state index contributed by atoms with van der Waals surface area (Å²) in [5, 5.41) is 5.04. The molecule has 1 amide bonds. The highest BCUT2D eigenvalue weighted by molar-refractivity contribution is 7.89. The van der Waals surface area contributed by atoms with Gasteiger partial charge >= 0.3 is 0 Å². The Balaban J connectivity index is 2.45. The molecule has 1 aromatic heterocycles. The maximum atomic E-state index is 11.3. The third-order valence-corrected chi connectivity index (χ3v) is 3.53. The summed E-state index contributed by atoms with van der Waals surface area (Å²) in [6.07, 6.45) is 1.31. The van der Waals surface area contributed by atoms with Gasteiger partial charge in [-0.2, -0.15) is 0 Å². The smallest absolute Gasteiger partial charge is 0.265 e. The number of sulfonamides is 1. The number of benzene rings is 1. The Morgan fingerprint density at radius 2 is 1.84 bits per heavy atom. The van der Waals surface area contributed by atoms with Gasteiger partial charge in [0.05, 0.1) is 0 Å². The molecule has 0 aliphatic heterocycles. The molecule has 7 heteroatoms. The van der Waals surface area contributed by atoms with Crippen LogP contribution in [0.2, 0.25) is 0 Å². The molecule has 0 saturated heterocycles. The lowest BCUT2D eigenvalue weighted by Crippen LogP contribution is -2.16. The molecule has 2 aromatic rings. The molecule has 0 spiro atoms. The summed E-state index contributed by atoms with van der Waals surface area (Å²) in [5.74, 6) is -0.703. The second-order valence-corrected chi connectivity index (χ2v) is 5.65. The number of primary sulfonamides is 1. The topological polar surface area (TPSA) is 108 Å². The van der Waals surface area contributed by atoms with Crippen LogP contribution in [0.4, 0.5) is 0 Å². The number of carbonyl (C=O) groups excluding carboxylic acids is 1. The molecule has 100 valence electrons. The van der Waals surface area contributed by atoms with E-state index in [1.54, 1.807) is 0 Å². The van der Waals surface area contributed by atoms with Crippen LogP contribution >= 0.6 is 0 Å². The largest absolute Gasteiger partial charge is 0.364 e. The highest BCUT2D eigenvalue weighted by Gasteiger charge is 2.17. The Morgan fingerprint density at radius 1 is 1.21 bits per heavy atom. The Morgan fingerprint density at radius 3 is 2.37 bits per heavy atom. The van der Waals surface area contributed by atoms with Crippen molar-refractivity contribution in [1.29, 1.82) is 0 Å². The fourth-order valence-electron chi connectivity index (χ4n) is 1.76. The third-order valence-electron chi connectivity index (χ3n) is 2.65. The van der Waals surface area contributed by atoms with Crippen LogP contribution in [0.5, 0.6) is 0 Å². The second-order valence-electron chi connectivity index (χ2n) is 4.08. The van der Waals surface area contributed by atoms with Crippen molar-refractivity contribution in [2.24, 2.45) is 10.9 Å². The van der Waals surface area contributed by atoms with Gasteiger partial charge in [-0.3, -0.25) is 4.79 Å². The number of aromatic nitrogens is 1. The fraction of sp³-hybridized carbons (Fsp3) is 0.0833. The highest BCUT2D eigenvalue weighted by atomic mass is 32.2. The normalized spacial score (nSPS) is 11.4. The fourth-order valence-corrected chi connectivity index (χ4v) is 2.31. The average molecular weight is 279 g/mol. The molecule has 0 saturated carbocycles. The third kappa shape index (κ3) is 3.01. The van der Waals surface area contributed by atoms with Crippen LogP contribution in [-0.2, 0) is 16.6 Å². The maximum absolute atomic E-state index is 11.3. The minimum Gasteiger partial charge on any atom is -0.364 e. The molecule has 0 unspecified atom stereocenters. The number of amides is 1. The van der Waals surface area contributed by atoms with E-state index < -0.39 is 15.9 Å². The zero-order chi connectivity index (χ0) is 14.0. The van der Waals surface area contributed by atoms with E-state index in [-0.39, 0.29) is 10.6 Å². The van der Waals surface area contributed by atoms with Crippen molar-refractivity contribution in [2.45, 2.75) is 11.4 Å². The van der Waals surface area contributed by atoms with Crippen LogP contribution in [0.15, 0.2) is 47.5 Å². The molecule has 0 aliphatic carbocycles. The van der Waals surface area contributed by atoms with Gasteiger partial charge in [0.2, 0.25) is 10.0 Å². The predicted octanol–water partition coefficient (Wildman–Crippen LogP) is 0.283. The monoisotopic (exact) mass is 279 g/mol. The zero-order valence-electron chi connectivity index (χ0n) is 9.98. The van der Waals surface area contributed by atoms with Gasteiger partial charge in [0.1, 0.15) is 10.6 Å². The van der Waals surface area contributed by atoms with Crippen LogP contribution in [0.25, 0.3) is 0 Å². The van der Waals surface area contributed by atoms with Crippen molar-refractivity contribution in [3.8, 4) is 0 Å². The first kappa shape index (κ1) is 13.3. The Labute approximate surface area is 110 Å². The van der Waals surface area contributed by atoms with Crippen molar-refractivity contribution in [3.05, 3.63) is 53.9 Å². The number of rotatable bonds is 4. The van der Waals surface area contributed by atoms with Crippen LogP contribution < -0.4 is 10.9 Å². The van der Waals surface area contributed by atoms with Gasteiger partial charge in [-0.05, 0) is 11.6 Å². The van der Waals surface area contributed by atoms with Crippen LogP contribution in [-0.4, -0.2) is 18.9 Å². The second kappa shape index (κ2) is 4.87. The lowest BCUT2D eigenvalue weighted by Gasteiger charge is -2.06. The molecule has 2 rings (SSSR count). The number of nitrogens with zero attached hydrogens (tertiary/aromatic N) is 1. The van der Waals surface area contributed by atoms with Gasteiger partial charge in [-0.1, -0.05) is 30.3 Å². The maximum Gasteiger partial charge on any atom is 0.265 e. The lowest BCUT2D eigenvalue weighted by molar-refractivity contribution is 0.0992. The summed E-state index contributed by atoms with van der Waals surface area (Å²) in [6.45, 7) is 0.342. The van der Waals surface area contributed by atoms with E-state index in [0.29, 0.717) is 6.54 Å². The standard InChI is InChI=1S/C12H13N3O3S/c13-12(16)11-6-10(19(14,17)18)8-15(11)7-9-4-2-1-3-5-9/h1-6,8H,7H2,(H2,13,16)(H2,14,17,18). The molecule has 0 aliphatic rings. The number of nitrogens with two attached hydrogens (primary N) is 2. The predicted molar refractivity (Wildman–Crippen MR) is 69.9 cm³/mol. The van der Waals surface area contributed by atoms with E-state index in [0.717, 1.165) is 5.56 Å². The van der Waals surface area contributed by atoms with Gasteiger partial charge in [0.25, 0.3) is 5.91 Å². The van der Waals surface area contributed by atoms with E-state index in [1.807, 2.05) is 30.3 Å². The Bertz CT molecular complexity index is 705. The van der Waals surface area contributed by atoms with E-state index >= 15 is 0 Å². The van der Waals surface area contributed by atoms with E-state index in [9.17, 15) is 13.2 Å². The van der Waals surface area contributed by atoms with Crippen molar-refractivity contribution >= 4 is 15.9 Å². The molecule has 0 bridgehead atoms. The van der Waals surface area contributed by atoms with Gasteiger partial charge < -0.3 is 10.3 Å². The minimum atomic E-state index is -3.86.